The highest BCUT2D eigenvalue weighted by molar-refractivity contribution is 5.88. The molecular formula is C25H25NO2. The van der Waals surface area contributed by atoms with E-state index < -0.39 is 0 Å². The van der Waals surface area contributed by atoms with Crippen LogP contribution in [0.15, 0.2) is 72.8 Å². The van der Waals surface area contributed by atoms with Crippen LogP contribution in [-0.2, 0) is 13.1 Å². The Morgan fingerprint density at radius 1 is 0.643 bits per heavy atom. The third-order valence-corrected chi connectivity index (χ3v) is 5.33. The maximum Gasteiger partial charge on any atom is 0.120 e. The summed E-state index contributed by atoms with van der Waals surface area (Å²) in [4.78, 5) is 2.29. The fourth-order valence-electron chi connectivity index (χ4n) is 3.96. The summed E-state index contributed by atoms with van der Waals surface area (Å²) < 4.78 is 0. The van der Waals surface area contributed by atoms with Crippen LogP contribution in [0.2, 0.25) is 0 Å². The summed E-state index contributed by atoms with van der Waals surface area (Å²) in [5.41, 5.74) is 1.87. The van der Waals surface area contributed by atoms with Crippen molar-refractivity contribution in [3.05, 3.63) is 83.9 Å². The van der Waals surface area contributed by atoms with Crippen molar-refractivity contribution in [1.29, 1.82) is 0 Å². The van der Waals surface area contributed by atoms with Gasteiger partial charge in [0, 0.05) is 24.2 Å². The first-order valence-electron chi connectivity index (χ1n) is 9.79. The van der Waals surface area contributed by atoms with Crippen molar-refractivity contribution in [1.82, 2.24) is 4.90 Å². The molecular weight excluding hydrogens is 346 g/mol. The van der Waals surface area contributed by atoms with Gasteiger partial charge in [0.2, 0.25) is 0 Å². The highest BCUT2D eigenvalue weighted by Crippen LogP contribution is 2.32. The summed E-state index contributed by atoms with van der Waals surface area (Å²) >= 11 is 0. The molecule has 0 bridgehead atoms. The molecule has 0 unspecified atom stereocenters. The maximum atomic E-state index is 10.5. The van der Waals surface area contributed by atoms with E-state index >= 15 is 0 Å². The molecule has 4 aromatic rings. The first kappa shape index (κ1) is 18.3. The number of phenolic OH excluding ortho intramolecular Hbond substituents is 2. The largest absolute Gasteiger partial charge is 0.508 e. The Labute approximate surface area is 165 Å². The molecule has 0 aliphatic carbocycles. The molecule has 2 N–H and O–H groups in total. The standard InChI is InChI=1S/C25H25NO2/c1-2-15-26(16-22-20-9-5-3-7-18(20)11-13-24(22)27)17-23-21-10-6-4-8-19(21)12-14-25(23)28/h3-14,27-28H,2,15-17H2,1H3. The SMILES string of the molecule is CCCN(Cc1c(O)ccc2ccccc12)Cc1c(O)ccc2ccccc12. The van der Waals surface area contributed by atoms with Gasteiger partial charge in [0.15, 0.2) is 0 Å². The number of phenols is 2. The van der Waals surface area contributed by atoms with E-state index in [0.29, 0.717) is 24.6 Å². The fourth-order valence-corrected chi connectivity index (χ4v) is 3.96. The van der Waals surface area contributed by atoms with Crippen LogP contribution in [0, 0.1) is 0 Å². The Hall–Kier alpha value is -3.04. The van der Waals surface area contributed by atoms with Crippen LogP contribution in [0.4, 0.5) is 0 Å². The number of nitrogens with zero attached hydrogens (tertiary/aromatic N) is 1. The molecule has 4 aromatic carbocycles. The Balaban J connectivity index is 1.72. The molecule has 0 aliphatic rings. The lowest BCUT2D eigenvalue weighted by atomic mass is 10.0. The first-order chi connectivity index (χ1) is 13.7. The van der Waals surface area contributed by atoms with Crippen LogP contribution in [0.3, 0.4) is 0 Å². The molecule has 0 spiro atoms. The molecule has 142 valence electrons. The molecule has 0 atom stereocenters. The first-order valence-corrected chi connectivity index (χ1v) is 9.79. The number of hydrogen-bond acceptors (Lipinski definition) is 3. The van der Waals surface area contributed by atoms with E-state index in [1.807, 2.05) is 36.4 Å². The minimum atomic E-state index is 0.321. The second kappa shape index (κ2) is 7.91. The second-order valence-electron chi connectivity index (χ2n) is 7.28. The van der Waals surface area contributed by atoms with Gasteiger partial charge >= 0.3 is 0 Å². The molecule has 3 heteroatoms. The summed E-state index contributed by atoms with van der Waals surface area (Å²) in [6, 6.07) is 23.8. The molecule has 0 saturated carbocycles. The number of benzene rings is 4. The zero-order chi connectivity index (χ0) is 19.5. The van der Waals surface area contributed by atoms with Gasteiger partial charge in [0.25, 0.3) is 0 Å². The van der Waals surface area contributed by atoms with Gasteiger partial charge in [-0.2, -0.15) is 0 Å². The van der Waals surface area contributed by atoms with E-state index in [2.05, 4.69) is 36.1 Å². The van der Waals surface area contributed by atoms with E-state index in [-0.39, 0.29) is 0 Å². The third-order valence-electron chi connectivity index (χ3n) is 5.33. The van der Waals surface area contributed by atoms with Crippen molar-refractivity contribution in [2.75, 3.05) is 6.54 Å². The maximum absolute atomic E-state index is 10.5. The topological polar surface area (TPSA) is 43.7 Å². The average molecular weight is 371 g/mol. The highest BCUT2D eigenvalue weighted by atomic mass is 16.3. The summed E-state index contributed by atoms with van der Waals surface area (Å²) in [5, 5.41) is 25.5. The van der Waals surface area contributed by atoms with Crippen LogP contribution in [-0.4, -0.2) is 21.7 Å². The molecule has 0 fully saturated rings. The minimum Gasteiger partial charge on any atom is -0.508 e. The molecule has 3 nitrogen and oxygen atoms in total. The van der Waals surface area contributed by atoms with Crippen LogP contribution in [0.5, 0.6) is 11.5 Å². The zero-order valence-electron chi connectivity index (χ0n) is 16.1. The smallest absolute Gasteiger partial charge is 0.120 e. The van der Waals surface area contributed by atoms with Gasteiger partial charge in [-0.05, 0) is 46.6 Å². The number of hydrogen-bond donors (Lipinski definition) is 2. The van der Waals surface area contributed by atoms with Crippen LogP contribution < -0.4 is 0 Å². The summed E-state index contributed by atoms with van der Waals surface area (Å²) in [6.07, 6.45) is 0.997. The quantitative estimate of drug-likeness (QED) is 0.449. The molecule has 0 aliphatic heterocycles. The van der Waals surface area contributed by atoms with Gasteiger partial charge in [-0.15, -0.1) is 0 Å². The van der Waals surface area contributed by atoms with Crippen molar-refractivity contribution < 1.29 is 10.2 Å². The predicted octanol–water partition coefficient (Wildman–Crippen LogP) is 5.82. The number of rotatable bonds is 6. The van der Waals surface area contributed by atoms with Crippen molar-refractivity contribution in [2.24, 2.45) is 0 Å². The monoisotopic (exact) mass is 371 g/mol. The Morgan fingerprint density at radius 3 is 1.57 bits per heavy atom. The van der Waals surface area contributed by atoms with Crippen LogP contribution >= 0.6 is 0 Å². The Morgan fingerprint density at radius 2 is 1.11 bits per heavy atom. The van der Waals surface area contributed by atoms with Gasteiger partial charge in [-0.25, -0.2) is 0 Å². The normalized spacial score (nSPS) is 11.5. The van der Waals surface area contributed by atoms with Crippen LogP contribution in [0.1, 0.15) is 24.5 Å². The van der Waals surface area contributed by atoms with Gasteiger partial charge in [0.05, 0.1) is 0 Å². The molecule has 4 rings (SSSR count). The number of aromatic hydroxyl groups is 2. The summed E-state index contributed by atoms with van der Waals surface area (Å²) in [5.74, 6) is 0.642. The lowest BCUT2D eigenvalue weighted by Crippen LogP contribution is -2.24. The molecule has 28 heavy (non-hydrogen) atoms. The van der Waals surface area contributed by atoms with Crippen molar-refractivity contribution in [3.63, 3.8) is 0 Å². The highest BCUT2D eigenvalue weighted by Gasteiger charge is 2.15. The van der Waals surface area contributed by atoms with Gasteiger partial charge in [0.1, 0.15) is 11.5 Å². The lowest BCUT2D eigenvalue weighted by Gasteiger charge is -2.24. The molecule has 0 saturated heterocycles. The van der Waals surface area contributed by atoms with E-state index in [9.17, 15) is 10.2 Å². The van der Waals surface area contributed by atoms with Gasteiger partial charge in [-0.3, -0.25) is 4.90 Å². The fraction of sp³-hybridized carbons (Fsp3) is 0.200. The minimum absolute atomic E-state index is 0.321. The van der Waals surface area contributed by atoms with E-state index in [1.54, 1.807) is 12.1 Å². The summed E-state index contributed by atoms with van der Waals surface area (Å²) in [6.45, 7) is 4.29. The molecule has 0 radical (unpaired) electrons. The molecule has 0 amide bonds. The second-order valence-corrected chi connectivity index (χ2v) is 7.28. The summed E-state index contributed by atoms with van der Waals surface area (Å²) in [7, 11) is 0. The van der Waals surface area contributed by atoms with Crippen LogP contribution in [0.25, 0.3) is 21.5 Å². The van der Waals surface area contributed by atoms with Crippen molar-refractivity contribution >= 4 is 21.5 Å². The molecule has 0 aromatic heterocycles. The number of fused-ring (bicyclic) bond motifs is 2. The third kappa shape index (κ3) is 3.54. The predicted molar refractivity (Wildman–Crippen MR) is 116 cm³/mol. The zero-order valence-corrected chi connectivity index (χ0v) is 16.1. The Bertz CT molecular complexity index is 1030. The van der Waals surface area contributed by atoms with E-state index in [1.165, 1.54) is 0 Å². The van der Waals surface area contributed by atoms with E-state index in [4.69, 9.17) is 0 Å². The van der Waals surface area contributed by atoms with Gasteiger partial charge in [-0.1, -0.05) is 67.6 Å². The van der Waals surface area contributed by atoms with Crippen molar-refractivity contribution in [2.45, 2.75) is 26.4 Å². The molecule has 0 heterocycles. The van der Waals surface area contributed by atoms with Crippen molar-refractivity contribution in [3.8, 4) is 11.5 Å². The Kier molecular flexibility index (Phi) is 5.18. The van der Waals surface area contributed by atoms with E-state index in [0.717, 1.165) is 45.6 Å². The average Bonchev–Trinajstić information content (AvgIpc) is 2.72. The lowest BCUT2D eigenvalue weighted by molar-refractivity contribution is 0.252. The van der Waals surface area contributed by atoms with Gasteiger partial charge < -0.3 is 10.2 Å².